The lowest BCUT2D eigenvalue weighted by Crippen LogP contribution is -2.29. The maximum absolute atomic E-state index is 14.0. The van der Waals surface area contributed by atoms with E-state index in [0.29, 0.717) is 10.7 Å². The molecule has 3 heterocycles. The number of benzene rings is 2. The number of anilines is 1. The lowest BCUT2D eigenvalue weighted by Gasteiger charge is -2.26. The van der Waals surface area contributed by atoms with Crippen LogP contribution in [0.25, 0.3) is 11.3 Å². The summed E-state index contributed by atoms with van der Waals surface area (Å²) in [6.07, 6.45) is 1.76. The molecule has 32 heavy (non-hydrogen) atoms. The summed E-state index contributed by atoms with van der Waals surface area (Å²) in [6, 6.07) is 22.2. The highest BCUT2D eigenvalue weighted by atomic mass is 79.9. The summed E-state index contributed by atoms with van der Waals surface area (Å²) in [6.45, 7) is 1.75. The van der Waals surface area contributed by atoms with E-state index in [-0.39, 0.29) is 17.9 Å². The van der Waals surface area contributed by atoms with Gasteiger partial charge in [-0.25, -0.2) is 4.39 Å². The Kier molecular flexibility index (Phi) is 5.53. The van der Waals surface area contributed by atoms with Crippen molar-refractivity contribution in [1.82, 2.24) is 10.3 Å². The number of halogens is 2. The monoisotopic (exact) mass is 507 g/mol. The summed E-state index contributed by atoms with van der Waals surface area (Å²) >= 11 is 9.18. The van der Waals surface area contributed by atoms with Gasteiger partial charge in [0.05, 0.1) is 11.7 Å². The zero-order chi connectivity index (χ0) is 22.2. The van der Waals surface area contributed by atoms with E-state index in [1.165, 1.54) is 6.07 Å². The number of pyridine rings is 1. The van der Waals surface area contributed by atoms with Crippen LogP contribution in [0.1, 0.15) is 29.1 Å². The second-order valence-corrected chi connectivity index (χ2v) is 8.94. The van der Waals surface area contributed by atoms with E-state index in [2.05, 4.69) is 26.2 Å². The lowest BCUT2D eigenvalue weighted by atomic mass is 10.0. The first-order chi connectivity index (χ1) is 15.5. The summed E-state index contributed by atoms with van der Waals surface area (Å²) in [5.74, 6) is 1.26. The molecule has 160 valence electrons. The molecule has 7 heteroatoms. The highest BCUT2D eigenvalue weighted by Crippen LogP contribution is 2.43. The molecule has 1 aliphatic heterocycles. The van der Waals surface area contributed by atoms with Crippen LogP contribution in [0, 0.1) is 12.7 Å². The van der Waals surface area contributed by atoms with Crippen molar-refractivity contribution in [2.75, 3.05) is 4.90 Å². The molecule has 0 aliphatic carbocycles. The highest BCUT2D eigenvalue weighted by molar-refractivity contribution is 9.10. The molecule has 2 unspecified atom stereocenters. The van der Waals surface area contributed by atoms with Gasteiger partial charge in [0, 0.05) is 21.9 Å². The van der Waals surface area contributed by atoms with Crippen LogP contribution in [-0.2, 0) is 0 Å². The molecule has 1 saturated heterocycles. The molecule has 4 aromatic rings. The minimum atomic E-state index is -0.286. The summed E-state index contributed by atoms with van der Waals surface area (Å²) in [7, 11) is 0. The molecule has 0 bridgehead atoms. The van der Waals surface area contributed by atoms with Crippen molar-refractivity contribution in [2.24, 2.45) is 0 Å². The molecule has 4 nitrogen and oxygen atoms in total. The van der Waals surface area contributed by atoms with Crippen molar-refractivity contribution in [3.8, 4) is 11.3 Å². The van der Waals surface area contributed by atoms with Crippen LogP contribution >= 0.6 is 28.1 Å². The summed E-state index contributed by atoms with van der Waals surface area (Å²) in [4.78, 5) is 6.53. The van der Waals surface area contributed by atoms with Crippen molar-refractivity contribution in [1.29, 1.82) is 0 Å². The average molecular weight is 508 g/mol. The Labute approximate surface area is 199 Å². The molecule has 2 aromatic heterocycles. The van der Waals surface area contributed by atoms with Gasteiger partial charge in [0.15, 0.2) is 5.11 Å². The Morgan fingerprint density at radius 2 is 1.88 bits per heavy atom. The lowest BCUT2D eigenvalue weighted by molar-refractivity contribution is 0.439. The summed E-state index contributed by atoms with van der Waals surface area (Å²) < 4.78 is 21.3. The van der Waals surface area contributed by atoms with Gasteiger partial charge in [-0.05, 0) is 79.3 Å². The van der Waals surface area contributed by atoms with E-state index in [4.69, 9.17) is 16.6 Å². The van der Waals surface area contributed by atoms with Crippen LogP contribution in [0.3, 0.4) is 0 Å². The fourth-order valence-electron chi connectivity index (χ4n) is 3.98. The Bertz CT molecular complexity index is 1280. The Morgan fingerprint density at radius 3 is 2.59 bits per heavy atom. The van der Waals surface area contributed by atoms with Crippen molar-refractivity contribution in [3.05, 3.63) is 106 Å². The topological polar surface area (TPSA) is 41.3 Å². The van der Waals surface area contributed by atoms with Crippen molar-refractivity contribution < 1.29 is 8.81 Å². The number of nitrogens with zero attached hydrogens (tertiary/aromatic N) is 2. The Morgan fingerprint density at radius 1 is 1.06 bits per heavy atom. The minimum absolute atomic E-state index is 0.224. The maximum Gasteiger partial charge on any atom is 0.174 e. The third-order valence-electron chi connectivity index (χ3n) is 5.56. The molecule has 5 rings (SSSR count). The van der Waals surface area contributed by atoms with E-state index in [0.717, 1.165) is 32.9 Å². The van der Waals surface area contributed by atoms with Crippen LogP contribution in [0.15, 0.2) is 87.9 Å². The van der Waals surface area contributed by atoms with Crippen molar-refractivity contribution >= 4 is 38.9 Å². The van der Waals surface area contributed by atoms with E-state index >= 15 is 0 Å². The SMILES string of the molecule is Cc1cc(N2C(=S)NC(c3ccccn3)C2c2ccc(-c3ccc(Br)cc3)o2)ccc1F. The average Bonchev–Trinajstić information content (AvgIpc) is 3.41. The van der Waals surface area contributed by atoms with Gasteiger partial charge >= 0.3 is 0 Å². The van der Waals surface area contributed by atoms with Gasteiger partial charge in [-0.15, -0.1) is 0 Å². The minimum Gasteiger partial charge on any atom is -0.459 e. The van der Waals surface area contributed by atoms with Gasteiger partial charge in [-0.1, -0.05) is 34.1 Å². The molecule has 1 aliphatic rings. The quantitative estimate of drug-likeness (QED) is 0.310. The van der Waals surface area contributed by atoms with E-state index in [1.807, 2.05) is 59.5 Å². The van der Waals surface area contributed by atoms with Gasteiger partial charge in [0.2, 0.25) is 0 Å². The third-order valence-corrected chi connectivity index (χ3v) is 6.41. The van der Waals surface area contributed by atoms with Gasteiger partial charge in [0.1, 0.15) is 23.4 Å². The first-order valence-corrected chi connectivity index (χ1v) is 11.3. The number of aryl methyl sites for hydroxylation is 1. The molecule has 0 spiro atoms. The smallest absolute Gasteiger partial charge is 0.174 e. The molecule has 0 amide bonds. The second kappa shape index (κ2) is 8.48. The largest absolute Gasteiger partial charge is 0.459 e. The molecule has 1 N–H and O–H groups in total. The number of hydrogen-bond donors (Lipinski definition) is 1. The number of aromatic nitrogens is 1. The summed E-state index contributed by atoms with van der Waals surface area (Å²) in [5.41, 5.74) is 3.18. The highest BCUT2D eigenvalue weighted by Gasteiger charge is 2.42. The van der Waals surface area contributed by atoms with Gasteiger partial charge in [-0.3, -0.25) is 4.98 Å². The first-order valence-electron chi connectivity index (χ1n) is 10.1. The van der Waals surface area contributed by atoms with E-state index in [9.17, 15) is 4.39 Å². The summed E-state index contributed by atoms with van der Waals surface area (Å²) in [5, 5.41) is 3.93. The zero-order valence-electron chi connectivity index (χ0n) is 17.1. The molecule has 0 saturated carbocycles. The maximum atomic E-state index is 14.0. The molecule has 0 radical (unpaired) electrons. The van der Waals surface area contributed by atoms with Crippen LogP contribution in [0.4, 0.5) is 10.1 Å². The van der Waals surface area contributed by atoms with Gasteiger partial charge in [0.25, 0.3) is 0 Å². The third kappa shape index (κ3) is 3.82. The number of nitrogens with one attached hydrogen (secondary N) is 1. The zero-order valence-corrected chi connectivity index (χ0v) is 19.5. The predicted molar refractivity (Wildman–Crippen MR) is 131 cm³/mol. The number of furan rings is 1. The first kappa shape index (κ1) is 20.8. The molecule has 1 fully saturated rings. The van der Waals surface area contributed by atoms with E-state index in [1.54, 1.807) is 25.3 Å². The predicted octanol–water partition coefficient (Wildman–Crippen LogP) is 6.73. The van der Waals surface area contributed by atoms with E-state index < -0.39 is 0 Å². The molecule has 2 atom stereocenters. The standard InChI is InChI=1S/C25H19BrFN3OS/c1-15-14-18(9-10-19(15)27)30-24(23(29-25(30)32)20-4-2-3-13-28-20)22-12-11-21(31-22)16-5-7-17(26)8-6-16/h2-14,23-24H,1H3,(H,29,32). The van der Waals surface area contributed by atoms with Crippen LogP contribution in [0.2, 0.25) is 0 Å². The normalized spacial score (nSPS) is 18.1. The van der Waals surface area contributed by atoms with Crippen molar-refractivity contribution in [2.45, 2.75) is 19.0 Å². The van der Waals surface area contributed by atoms with Gasteiger partial charge < -0.3 is 14.6 Å². The Balaban J connectivity index is 1.60. The fourth-order valence-corrected chi connectivity index (χ4v) is 4.59. The number of hydrogen-bond acceptors (Lipinski definition) is 3. The van der Waals surface area contributed by atoms with Crippen molar-refractivity contribution in [3.63, 3.8) is 0 Å². The number of thiocarbonyl (C=S) groups is 1. The second-order valence-electron chi connectivity index (χ2n) is 7.64. The fraction of sp³-hybridized carbons (Fsp3) is 0.120. The Hall–Kier alpha value is -3.03. The van der Waals surface area contributed by atoms with Crippen LogP contribution < -0.4 is 10.2 Å². The molecular weight excluding hydrogens is 489 g/mol. The molecular formula is C25H19BrFN3OS. The van der Waals surface area contributed by atoms with Gasteiger partial charge in [-0.2, -0.15) is 0 Å². The van der Waals surface area contributed by atoms with Crippen LogP contribution in [-0.4, -0.2) is 10.1 Å². The molecule has 2 aromatic carbocycles. The number of rotatable bonds is 4. The van der Waals surface area contributed by atoms with Crippen LogP contribution in [0.5, 0.6) is 0 Å².